The summed E-state index contributed by atoms with van der Waals surface area (Å²) in [6, 6.07) is 6.03. The Balaban J connectivity index is 1.32. The molecule has 3 aliphatic heterocycles. The van der Waals surface area contributed by atoms with Gasteiger partial charge in [-0.3, -0.25) is 19.3 Å². The topological polar surface area (TPSA) is 79.0 Å². The molecular weight excluding hydrogens is 533 g/mol. The van der Waals surface area contributed by atoms with Crippen molar-refractivity contribution in [1.82, 2.24) is 15.1 Å². The smallest absolute Gasteiger partial charge is 0.312 e. The van der Waals surface area contributed by atoms with Crippen LogP contribution in [0.2, 0.25) is 0 Å². The van der Waals surface area contributed by atoms with Gasteiger partial charge in [0.2, 0.25) is 11.8 Å². The lowest BCUT2D eigenvalue weighted by atomic mass is 9.63. The average molecular weight is 584 g/mol. The lowest BCUT2D eigenvalue weighted by Crippen LogP contribution is -2.61. The van der Waals surface area contributed by atoms with E-state index < -0.39 is 11.5 Å². The second kappa shape index (κ2) is 13.4. The molecule has 3 saturated heterocycles. The van der Waals surface area contributed by atoms with Crippen LogP contribution in [0.15, 0.2) is 24.3 Å². The molecule has 42 heavy (non-hydrogen) atoms. The summed E-state index contributed by atoms with van der Waals surface area (Å²) >= 11 is 0. The Hall–Kier alpha value is -2.48. The normalized spacial score (nSPS) is 27.1. The largest absolute Gasteiger partial charge is 0.466 e. The van der Waals surface area contributed by atoms with Crippen LogP contribution in [0.3, 0.4) is 0 Å². The fourth-order valence-corrected chi connectivity index (χ4v) is 8.50. The lowest BCUT2D eigenvalue weighted by Gasteiger charge is -2.51. The average Bonchev–Trinajstić information content (AvgIpc) is 3.02. The molecule has 3 heterocycles. The molecule has 4 atom stereocenters. The van der Waals surface area contributed by atoms with Crippen LogP contribution in [0.4, 0.5) is 4.39 Å². The number of fused-ring (bicyclic) bond motifs is 3. The van der Waals surface area contributed by atoms with Crippen LogP contribution in [0.5, 0.6) is 0 Å². The third-order valence-electron chi connectivity index (χ3n) is 10.8. The number of carbonyl (C=O) groups excluding carboxylic acids is 3. The molecule has 2 bridgehead atoms. The number of nitrogens with one attached hydrogen (secondary N) is 1. The van der Waals surface area contributed by atoms with Crippen molar-refractivity contribution < 1.29 is 23.5 Å². The first kappa shape index (κ1) is 31.0. The van der Waals surface area contributed by atoms with Crippen molar-refractivity contribution in [3.63, 3.8) is 0 Å². The minimum Gasteiger partial charge on any atom is -0.466 e. The van der Waals surface area contributed by atoms with E-state index in [4.69, 9.17) is 4.74 Å². The number of hydrogen-bond acceptors (Lipinski definition) is 5. The summed E-state index contributed by atoms with van der Waals surface area (Å²) in [7, 11) is 0. The van der Waals surface area contributed by atoms with Crippen LogP contribution in [-0.4, -0.2) is 72.0 Å². The van der Waals surface area contributed by atoms with E-state index in [-0.39, 0.29) is 35.6 Å². The van der Waals surface area contributed by atoms with Crippen LogP contribution in [0.25, 0.3) is 0 Å². The first-order chi connectivity index (χ1) is 20.2. The molecule has 0 aromatic heterocycles. The zero-order chi connectivity index (χ0) is 29.9. The molecule has 8 heteroatoms. The van der Waals surface area contributed by atoms with Gasteiger partial charge in [-0.05, 0) is 95.2 Å². The monoisotopic (exact) mass is 583 g/mol. The lowest BCUT2D eigenvalue weighted by molar-refractivity contribution is -0.166. The predicted molar refractivity (Wildman–Crippen MR) is 160 cm³/mol. The number of esters is 1. The molecule has 1 N–H and O–H groups in total. The zero-order valence-electron chi connectivity index (χ0n) is 25.8. The summed E-state index contributed by atoms with van der Waals surface area (Å²) in [5.41, 5.74) is 0.272. The Kier molecular flexibility index (Phi) is 9.91. The standard InChI is InChI=1S/C34H50FN3O4/c1-4-42-33(41)34(26-8-6-5-7-9-26)16-18-37(19-17-34)32(40)29(21-24-10-13-27(35)14-11-24)36-31(39)28-20-25-12-15-30(28)38(22-25)23(2)3/h10-11,13-14,23,25-26,28-30H,4-9,12,15-22H2,1-3H3,(H,36,39)/t25-,28-,29+,30+/m0/s1. The molecule has 1 aromatic carbocycles. The van der Waals surface area contributed by atoms with Crippen molar-refractivity contribution in [3.05, 3.63) is 35.6 Å². The highest BCUT2D eigenvalue weighted by Crippen LogP contribution is 2.47. The van der Waals surface area contributed by atoms with Gasteiger partial charge >= 0.3 is 5.97 Å². The van der Waals surface area contributed by atoms with Crippen LogP contribution in [0.1, 0.15) is 90.5 Å². The number of hydrogen-bond donors (Lipinski definition) is 1. The van der Waals surface area contributed by atoms with Crippen LogP contribution < -0.4 is 5.32 Å². The van der Waals surface area contributed by atoms with Crippen molar-refractivity contribution >= 4 is 17.8 Å². The summed E-state index contributed by atoms with van der Waals surface area (Å²) in [5.74, 6) is 0.0766. The van der Waals surface area contributed by atoms with Gasteiger partial charge in [0.1, 0.15) is 11.9 Å². The number of amides is 2. The predicted octanol–water partition coefficient (Wildman–Crippen LogP) is 5.11. The van der Waals surface area contributed by atoms with Gasteiger partial charge in [-0.15, -0.1) is 0 Å². The maximum Gasteiger partial charge on any atom is 0.312 e. The summed E-state index contributed by atoms with van der Waals surface area (Å²) in [4.78, 5) is 45.6. The van der Waals surface area contributed by atoms with Crippen LogP contribution >= 0.6 is 0 Å². The Morgan fingerprint density at radius 3 is 2.33 bits per heavy atom. The first-order valence-electron chi connectivity index (χ1n) is 16.5. The third-order valence-corrected chi connectivity index (χ3v) is 10.8. The quantitative estimate of drug-likeness (QED) is 0.409. The van der Waals surface area contributed by atoms with Gasteiger partial charge in [0.15, 0.2) is 0 Å². The van der Waals surface area contributed by atoms with E-state index in [2.05, 4.69) is 24.1 Å². The van der Waals surface area contributed by atoms with Crippen molar-refractivity contribution in [2.75, 3.05) is 26.2 Å². The van der Waals surface area contributed by atoms with Gasteiger partial charge in [0.05, 0.1) is 17.9 Å². The van der Waals surface area contributed by atoms with Crippen molar-refractivity contribution in [3.8, 4) is 0 Å². The highest BCUT2D eigenvalue weighted by molar-refractivity contribution is 5.89. The molecule has 2 amide bonds. The second-order valence-corrected chi connectivity index (χ2v) is 13.6. The van der Waals surface area contributed by atoms with Gasteiger partial charge in [0, 0.05) is 38.1 Å². The summed E-state index contributed by atoms with van der Waals surface area (Å²) in [5, 5.41) is 3.18. The van der Waals surface area contributed by atoms with E-state index in [1.807, 2.05) is 11.8 Å². The van der Waals surface area contributed by atoms with Gasteiger partial charge in [-0.2, -0.15) is 0 Å². The number of ether oxygens (including phenoxy) is 1. The van der Waals surface area contributed by atoms with Gasteiger partial charge in [-0.1, -0.05) is 31.4 Å². The number of carbonyl (C=O) groups is 3. The fourth-order valence-electron chi connectivity index (χ4n) is 8.50. The molecule has 1 aromatic rings. The number of nitrogens with zero attached hydrogens (tertiary/aromatic N) is 2. The molecule has 7 nitrogen and oxygen atoms in total. The molecule has 2 aliphatic carbocycles. The Morgan fingerprint density at radius 1 is 1.02 bits per heavy atom. The number of rotatable bonds is 9. The van der Waals surface area contributed by atoms with Crippen molar-refractivity contribution in [2.45, 2.75) is 110 Å². The van der Waals surface area contributed by atoms with E-state index >= 15 is 0 Å². The highest BCUT2D eigenvalue weighted by atomic mass is 19.1. The van der Waals surface area contributed by atoms with Crippen molar-refractivity contribution in [1.29, 1.82) is 0 Å². The van der Waals surface area contributed by atoms with Crippen molar-refractivity contribution in [2.24, 2.45) is 23.2 Å². The van der Waals surface area contributed by atoms with Crippen LogP contribution in [0, 0.1) is 29.0 Å². The maximum absolute atomic E-state index is 14.1. The molecule has 6 rings (SSSR count). The Morgan fingerprint density at radius 2 is 1.71 bits per heavy atom. The summed E-state index contributed by atoms with van der Waals surface area (Å²) in [6.45, 7) is 8.58. The first-order valence-corrected chi connectivity index (χ1v) is 16.5. The van der Waals surface area contributed by atoms with Gasteiger partial charge < -0.3 is 15.0 Å². The van der Waals surface area contributed by atoms with Gasteiger partial charge in [0.25, 0.3) is 0 Å². The van der Waals surface area contributed by atoms with E-state index in [1.165, 1.54) is 18.6 Å². The van der Waals surface area contributed by atoms with E-state index in [0.29, 0.717) is 56.8 Å². The second-order valence-electron chi connectivity index (χ2n) is 13.6. The summed E-state index contributed by atoms with van der Waals surface area (Å²) < 4.78 is 19.3. The maximum atomic E-state index is 14.1. The van der Waals surface area contributed by atoms with Crippen LogP contribution in [-0.2, 0) is 25.5 Å². The number of halogens is 1. The minimum atomic E-state index is -0.735. The third kappa shape index (κ3) is 6.53. The molecule has 0 spiro atoms. The molecule has 2 saturated carbocycles. The molecular formula is C34H50FN3O4. The van der Waals surface area contributed by atoms with E-state index in [0.717, 1.165) is 57.1 Å². The number of piperidine rings is 3. The number of benzene rings is 1. The highest BCUT2D eigenvalue weighted by Gasteiger charge is 2.50. The molecule has 0 unspecified atom stereocenters. The van der Waals surface area contributed by atoms with E-state index in [1.54, 1.807) is 12.1 Å². The Bertz CT molecular complexity index is 1090. The SMILES string of the molecule is CCOC(=O)C1(C2CCCCC2)CCN(C(=O)[C@@H](Cc2ccc(F)cc2)NC(=O)[C@H]2C[C@@H]3CC[C@H]2N(C(C)C)C3)CC1. The zero-order valence-corrected chi connectivity index (χ0v) is 25.8. The van der Waals surface area contributed by atoms with E-state index in [9.17, 15) is 18.8 Å². The number of likely N-dealkylation sites (tertiary alicyclic amines) is 1. The molecule has 5 aliphatic rings. The minimum absolute atomic E-state index is 0.0457. The molecule has 232 valence electrons. The molecule has 5 fully saturated rings. The summed E-state index contributed by atoms with van der Waals surface area (Å²) in [6.07, 6.45) is 10.1. The fraction of sp³-hybridized carbons (Fsp3) is 0.735. The van der Waals surface area contributed by atoms with Gasteiger partial charge in [-0.25, -0.2) is 4.39 Å². The Labute approximate surface area is 250 Å². The molecule has 0 radical (unpaired) electrons.